The number of carboxylic acids is 1. The Morgan fingerprint density at radius 1 is 1.48 bits per heavy atom. The van der Waals surface area contributed by atoms with Crippen molar-refractivity contribution >= 4 is 17.7 Å². The van der Waals surface area contributed by atoms with Crippen LogP contribution < -0.4 is 5.32 Å². The maximum Gasteiger partial charge on any atom is 0.305 e. The fourth-order valence-electron chi connectivity index (χ4n) is 2.46. The highest BCUT2D eigenvalue weighted by atomic mass is 16.4. The lowest BCUT2D eigenvalue weighted by atomic mass is 9.95. The molecular formula is C14H20N4O3. The molecule has 0 aliphatic carbocycles. The number of aliphatic carboxylic acids is 1. The van der Waals surface area contributed by atoms with E-state index in [4.69, 9.17) is 5.11 Å². The minimum atomic E-state index is -0.851. The van der Waals surface area contributed by atoms with Gasteiger partial charge in [0, 0.05) is 38.7 Å². The summed E-state index contributed by atoms with van der Waals surface area (Å²) in [6.45, 7) is 3.37. The van der Waals surface area contributed by atoms with Crippen molar-refractivity contribution in [2.75, 3.05) is 25.0 Å². The number of carbonyl (C=O) groups is 2. The molecule has 21 heavy (non-hydrogen) atoms. The number of hydrogen-bond acceptors (Lipinski definition) is 5. The molecule has 1 amide bonds. The summed E-state index contributed by atoms with van der Waals surface area (Å²) < 4.78 is 0. The first-order valence-corrected chi connectivity index (χ1v) is 7.09. The van der Waals surface area contributed by atoms with Gasteiger partial charge in [0.05, 0.1) is 18.3 Å². The Hall–Kier alpha value is -2.18. The molecule has 1 aromatic rings. The number of carboxylic acid groups (broad SMARTS) is 1. The zero-order chi connectivity index (χ0) is 15.2. The molecule has 0 aromatic carbocycles. The Kier molecular flexibility index (Phi) is 5.08. The Bertz CT molecular complexity index is 521. The number of rotatable bonds is 5. The second-order valence-electron chi connectivity index (χ2n) is 5.20. The van der Waals surface area contributed by atoms with E-state index < -0.39 is 5.97 Å². The number of likely N-dealkylation sites (tertiary alicyclic amines) is 1. The van der Waals surface area contributed by atoms with Crippen LogP contribution in [0.1, 0.15) is 37.8 Å². The summed E-state index contributed by atoms with van der Waals surface area (Å²) in [5.74, 6) is 0.00413. The minimum absolute atomic E-state index is 0.0352. The Morgan fingerprint density at radius 3 is 3.00 bits per heavy atom. The van der Waals surface area contributed by atoms with Crippen molar-refractivity contribution in [2.24, 2.45) is 0 Å². The summed E-state index contributed by atoms with van der Waals surface area (Å²) in [5.41, 5.74) is 0.848. The van der Waals surface area contributed by atoms with Crippen molar-refractivity contribution in [3.8, 4) is 0 Å². The van der Waals surface area contributed by atoms with Crippen LogP contribution >= 0.6 is 0 Å². The van der Waals surface area contributed by atoms with Gasteiger partial charge in [-0.15, -0.1) is 0 Å². The number of aromatic nitrogens is 2. The van der Waals surface area contributed by atoms with Crippen molar-refractivity contribution in [1.29, 1.82) is 0 Å². The molecule has 0 spiro atoms. The van der Waals surface area contributed by atoms with Crippen molar-refractivity contribution < 1.29 is 14.7 Å². The first kappa shape index (κ1) is 15.2. The van der Waals surface area contributed by atoms with E-state index >= 15 is 0 Å². The quantitative estimate of drug-likeness (QED) is 0.843. The average molecular weight is 292 g/mol. The molecule has 2 N–H and O–H groups in total. The van der Waals surface area contributed by atoms with E-state index in [-0.39, 0.29) is 18.2 Å². The van der Waals surface area contributed by atoms with Gasteiger partial charge in [0.15, 0.2) is 0 Å². The molecule has 7 heteroatoms. The van der Waals surface area contributed by atoms with E-state index in [9.17, 15) is 9.59 Å². The molecule has 114 valence electrons. The van der Waals surface area contributed by atoms with Crippen molar-refractivity contribution in [2.45, 2.75) is 32.1 Å². The summed E-state index contributed by atoms with van der Waals surface area (Å²) in [7, 11) is 0. The van der Waals surface area contributed by atoms with Gasteiger partial charge in [-0.1, -0.05) is 0 Å². The van der Waals surface area contributed by atoms with Gasteiger partial charge in [0.25, 0.3) is 0 Å². The first-order valence-electron chi connectivity index (χ1n) is 7.09. The molecular weight excluding hydrogens is 272 g/mol. The van der Waals surface area contributed by atoms with Gasteiger partial charge in [-0.2, -0.15) is 0 Å². The number of nitrogens with one attached hydrogen (secondary N) is 1. The predicted molar refractivity (Wildman–Crippen MR) is 77.0 cm³/mol. The highest BCUT2D eigenvalue weighted by molar-refractivity contribution is 5.73. The second kappa shape index (κ2) is 7.01. The molecule has 1 fully saturated rings. The molecule has 0 saturated carbocycles. The van der Waals surface area contributed by atoms with Gasteiger partial charge in [-0.3, -0.25) is 14.6 Å². The third-order valence-corrected chi connectivity index (χ3v) is 3.58. The van der Waals surface area contributed by atoms with Crippen LogP contribution in [0.2, 0.25) is 0 Å². The molecule has 1 aromatic heterocycles. The number of hydrogen-bond donors (Lipinski definition) is 2. The molecule has 2 rings (SSSR count). The van der Waals surface area contributed by atoms with E-state index in [0.717, 1.165) is 25.1 Å². The molecule has 0 radical (unpaired) electrons. The van der Waals surface area contributed by atoms with Gasteiger partial charge in [0.1, 0.15) is 5.82 Å². The van der Waals surface area contributed by atoms with Gasteiger partial charge in [0.2, 0.25) is 5.91 Å². The van der Waals surface area contributed by atoms with Crippen molar-refractivity contribution in [3.05, 3.63) is 18.1 Å². The molecule has 1 saturated heterocycles. The third-order valence-electron chi connectivity index (χ3n) is 3.58. The zero-order valence-corrected chi connectivity index (χ0v) is 12.1. The topological polar surface area (TPSA) is 95.4 Å². The molecule has 7 nitrogen and oxygen atoms in total. The molecule has 0 unspecified atom stereocenters. The Balaban J connectivity index is 1.99. The van der Waals surface area contributed by atoms with E-state index in [0.29, 0.717) is 18.9 Å². The number of carbonyl (C=O) groups excluding carboxylic acids is 1. The number of piperidine rings is 1. The molecule has 1 atom stereocenters. The molecule has 1 aliphatic heterocycles. The van der Waals surface area contributed by atoms with Crippen LogP contribution in [0.5, 0.6) is 0 Å². The highest BCUT2D eigenvalue weighted by Gasteiger charge is 2.24. The van der Waals surface area contributed by atoms with Crippen LogP contribution in [-0.2, 0) is 9.59 Å². The van der Waals surface area contributed by atoms with E-state index in [2.05, 4.69) is 15.3 Å². The largest absolute Gasteiger partial charge is 0.481 e. The second-order valence-corrected chi connectivity index (χ2v) is 5.20. The standard InChI is InChI=1S/C14H20N4O3/c1-10(19)18-6-2-3-11(9-18)12-7-15-8-13(17-12)16-5-4-14(20)21/h7-8,11H,2-6,9H2,1H3,(H,16,17)(H,20,21)/t11-/m1/s1. The average Bonchev–Trinajstić information content (AvgIpc) is 2.47. The van der Waals surface area contributed by atoms with E-state index in [1.807, 2.05) is 4.90 Å². The smallest absolute Gasteiger partial charge is 0.305 e. The van der Waals surface area contributed by atoms with Crippen LogP contribution in [0.25, 0.3) is 0 Å². The summed E-state index contributed by atoms with van der Waals surface area (Å²) in [5, 5.41) is 11.6. The third kappa shape index (κ3) is 4.40. The van der Waals surface area contributed by atoms with Gasteiger partial charge < -0.3 is 15.3 Å². The van der Waals surface area contributed by atoms with Gasteiger partial charge in [-0.05, 0) is 12.8 Å². The number of amides is 1. The Morgan fingerprint density at radius 2 is 2.29 bits per heavy atom. The fourth-order valence-corrected chi connectivity index (χ4v) is 2.46. The lowest BCUT2D eigenvalue weighted by molar-refractivity contribution is -0.136. The van der Waals surface area contributed by atoms with Crippen LogP contribution in [-0.4, -0.2) is 51.5 Å². The fraction of sp³-hybridized carbons (Fsp3) is 0.571. The summed E-state index contributed by atoms with van der Waals surface area (Å²) in [6.07, 6.45) is 5.28. The van der Waals surface area contributed by atoms with E-state index in [1.165, 1.54) is 0 Å². The summed E-state index contributed by atoms with van der Waals surface area (Å²) >= 11 is 0. The normalized spacial score (nSPS) is 18.3. The molecule has 2 heterocycles. The lowest BCUT2D eigenvalue weighted by Gasteiger charge is -2.31. The van der Waals surface area contributed by atoms with Crippen LogP contribution in [0.3, 0.4) is 0 Å². The van der Waals surface area contributed by atoms with Crippen LogP contribution in [0, 0.1) is 0 Å². The minimum Gasteiger partial charge on any atom is -0.481 e. The predicted octanol–water partition coefficient (Wildman–Crippen LogP) is 1.09. The van der Waals surface area contributed by atoms with Crippen molar-refractivity contribution in [1.82, 2.24) is 14.9 Å². The van der Waals surface area contributed by atoms with E-state index in [1.54, 1.807) is 19.3 Å². The monoisotopic (exact) mass is 292 g/mol. The van der Waals surface area contributed by atoms with Gasteiger partial charge in [-0.25, -0.2) is 4.98 Å². The summed E-state index contributed by atoms with van der Waals surface area (Å²) in [6, 6.07) is 0. The van der Waals surface area contributed by atoms with Crippen LogP contribution in [0.15, 0.2) is 12.4 Å². The number of anilines is 1. The maximum absolute atomic E-state index is 11.5. The van der Waals surface area contributed by atoms with Crippen molar-refractivity contribution in [3.63, 3.8) is 0 Å². The Labute approximate surface area is 123 Å². The first-order chi connectivity index (χ1) is 10.1. The lowest BCUT2D eigenvalue weighted by Crippen LogP contribution is -2.37. The number of nitrogens with zero attached hydrogens (tertiary/aromatic N) is 3. The zero-order valence-electron chi connectivity index (χ0n) is 12.1. The highest BCUT2D eigenvalue weighted by Crippen LogP contribution is 2.25. The summed E-state index contributed by atoms with van der Waals surface area (Å²) in [4.78, 5) is 32.4. The maximum atomic E-state index is 11.5. The van der Waals surface area contributed by atoms with Crippen LogP contribution in [0.4, 0.5) is 5.82 Å². The molecule has 0 bridgehead atoms. The molecule has 1 aliphatic rings. The van der Waals surface area contributed by atoms with Gasteiger partial charge >= 0.3 is 5.97 Å². The SMILES string of the molecule is CC(=O)N1CCC[C@@H](c2cncc(NCCC(=O)O)n2)C1.